The van der Waals surface area contributed by atoms with Crippen molar-refractivity contribution < 1.29 is 8.42 Å². The van der Waals surface area contributed by atoms with E-state index >= 15 is 0 Å². The van der Waals surface area contributed by atoms with Crippen LogP contribution in [-0.4, -0.2) is 31.1 Å². The zero-order valence-electron chi connectivity index (χ0n) is 9.12. The van der Waals surface area contributed by atoms with Crippen LogP contribution in [0.25, 0.3) is 0 Å². The van der Waals surface area contributed by atoms with Gasteiger partial charge in [-0.1, -0.05) is 34.5 Å². The van der Waals surface area contributed by atoms with Gasteiger partial charge in [0.1, 0.15) is 4.21 Å². The quantitative estimate of drug-likeness (QED) is 0.647. The summed E-state index contributed by atoms with van der Waals surface area (Å²) in [6.45, 7) is 2.80. The van der Waals surface area contributed by atoms with Gasteiger partial charge < -0.3 is 0 Å². The summed E-state index contributed by atoms with van der Waals surface area (Å²) in [6.07, 6.45) is 0.785. The maximum absolute atomic E-state index is 12.3. The van der Waals surface area contributed by atoms with Crippen LogP contribution in [0.4, 0.5) is 0 Å². The van der Waals surface area contributed by atoms with Gasteiger partial charge in [-0.05, 0) is 28.4 Å². The molecule has 0 saturated heterocycles. The zero-order chi connectivity index (χ0) is 13.1. The number of halogens is 3. The fourth-order valence-electron chi connectivity index (χ4n) is 1.27. The molecule has 0 spiro atoms. The topological polar surface area (TPSA) is 37.4 Å². The largest absolute Gasteiger partial charge is 0.252 e. The number of thiophene rings is 1. The molecular weight excluding hydrogens is 413 g/mol. The van der Waals surface area contributed by atoms with Crippen LogP contribution in [0.3, 0.4) is 0 Å². The van der Waals surface area contributed by atoms with Crippen LogP contribution in [0, 0.1) is 0 Å². The number of rotatable bonds is 6. The molecule has 0 amide bonds. The van der Waals surface area contributed by atoms with Gasteiger partial charge in [0.2, 0.25) is 0 Å². The Morgan fingerprint density at radius 3 is 2.59 bits per heavy atom. The Hall–Kier alpha value is 0.860. The molecule has 0 atom stereocenters. The van der Waals surface area contributed by atoms with E-state index in [-0.39, 0.29) is 4.21 Å². The molecule has 0 bridgehead atoms. The highest BCUT2D eigenvalue weighted by Gasteiger charge is 2.25. The van der Waals surface area contributed by atoms with Crippen molar-refractivity contribution in [3.63, 3.8) is 0 Å². The molecule has 0 aliphatic rings. The second-order valence-electron chi connectivity index (χ2n) is 3.23. The van der Waals surface area contributed by atoms with Crippen molar-refractivity contribution in [3.05, 3.63) is 14.9 Å². The lowest BCUT2D eigenvalue weighted by molar-refractivity contribution is 0.430. The molecule has 0 aromatic carbocycles. The van der Waals surface area contributed by atoms with E-state index in [9.17, 15) is 8.42 Å². The zero-order valence-corrected chi connectivity index (χ0v) is 14.7. The molecule has 0 aliphatic heterocycles. The molecule has 0 saturated carbocycles. The molecule has 0 fully saturated rings. The molecule has 1 heterocycles. The molecule has 0 unspecified atom stereocenters. The van der Waals surface area contributed by atoms with Gasteiger partial charge in [0.25, 0.3) is 10.0 Å². The Bertz CT molecular complexity index is 456. The minimum Gasteiger partial charge on any atom is -0.206 e. The number of sulfonamides is 1. The Morgan fingerprint density at radius 2 is 2.18 bits per heavy atom. The van der Waals surface area contributed by atoms with Crippen LogP contribution in [0.1, 0.15) is 13.3 Å². The Kier molecular flexibility index (Phi) is 6.42. The molecule has 0 aliphatic carbocycles. The lowest BCUT2D eigenvalue weighted by Crippen LogP contribution is -2.31. The molecule has 0 N–H and O–H groups in total. The van der Waals surface area contributed by atoms with Crippen LogP contribution < -0.4 is 0 Å². The molecule has 0 radical (unpaired) electrons. The first kappa shape index (κ1) is 15.9. The molecule has 1 aromatic heterocycles. The standard InChI is InChI=1S/C9H12Br2ClNO2S2/c1-2-13(5-3-4-10)17(14,15)8-6-7(12)9(11)16-8/h6H,2-5H2,1H3. The van der Waals surface area contributed by atoms with E-state index in [1.54, 1.807) is 0 Å². The van der Waals surface area contributed by atoms with Gasteiger partial charge >= 0.3 is 0 Å². The number of hydrogen-bond acceptors (Lipinski definition) is 3. The number of alkyl halides is 1. The number of nitrogens with zero attached hydrogens (tertiary/aromatic N) is 1. The highest BCUT2D eigenvalue weighted by molar-refractivity contribution is 9.11. The normalized spacial score (nSPS) is 12.3. The summed E-state index contributed by atoms with van der Waals surface area (Å²) in [7, 11) is -3.41. The van der Waals surface area contributed by atoms with Crippen molar-refractivity contribution in [3.8, 4) is 0 Å². The second kappa shape index (κ2) is 6.86. The van der Waals surface area contributed by atoms with Crippen LogP contribution in [-0.2, 0) is 10.0 Å². The van der Waals surface area contributed by atoms with E-state index in [0.717, 1.165) is 23.1 Å². The first-order valence-corrected chi connectivity index (χ1v) is 9.49. The predicted molar refractivity (Wildman–Crippen MR) is 79.9 cm³/mol. The third-order valence-corrected chi connectivity index (χ3v) is 7.57. The third-order valence-electron chi connectivity index (χ3n) is 2.11. The average Bonchev–Trinajstić information content (AvgIpc) is 2.61. The van der Waals surface area contributed by atoms with Crippen molar-refractivity contribution in [1.82, 2.24) is 4.31 Å². The van der Waals surface area contributed by atoms with Gasteiger partial charge in [-0.2, -0.15) is 4.31 Å². The summed E-state index contributed by atoms with van der Waals surface area (Å²) < 4.78 is 26.9. The van der Waals surface area contributed by atoms with Gasteiger partial charge in [-0.3, -0.25) is 0 Å². The molecule has 1 aromatic rings. The lowest BCUT2D eigenvalue weighted by atomic mass is 10.5. The van der Waals surface area contributed by atoms with Crippen LogP contribution in [0.2, 0.25) is 5.02 Å². The Morgan fingerprint density at radius 1 is 1.53 bits per heavy atom. The first-order chi connectivity index (χ1) is 7.93. The van der Waals surface area contributed by atoms with E-state index in [4.69, 9.17) is 11.6 Å². The SMILES string of the molecule is CCN(CCCBr)S(=O)(=O)c1cc(Cl)c(Br)s1. The van der Waals surface area contributed by atoms with Crippen molar-refractivity contribution in [2.45, 2.75) is 17.6 Å². The summed E-state index contributed by atoms with van der Waals surface area (Å²) in [5.41, 5.74) is 0. The van der Waals surface area contributed by atoms with Crippen LogP contribution in [0.15, 0.2) is 14.1 Å². The maximum atomic E-state index is 12.3. The molecule has 17 heavy (non-hydrogen) atoms. The molecular formula is C9H12Br2ClNO2S2. The minimum atomic E-state index is -3.41. The van der Waals surface area contributed by atoms with Gasteiger partial charge in [0.15, 0.2) is 0 Å². The fourth-order valence-corrected chi connectivity index (χ4v) is 5.56. The summed E-state index contributed by atoms with van der Waals surface area (Å²) in [4.78, 5) is 0. The minimum absolute atomic E-state index is 0.283. The highest BCUT2D eigenvalue weighted by atomic mass is 79.9. The monoisotopic (exact) mass is 423 g/mol. The van der Waals surface area contributed by atoms with E-state index in [1.807, 2.05) is 6.92 Å². The third kappa shape index (κ3) is 3.91. The summed E-state index contributed by atoms with van der Waals surface area (Å²) in [6, 6.07) is 1.49. The van der Waals surface area contributed by atoms with E-state index in [1.165, 1.54) is 10.4 Å². The second-order valence-corrected chi connectivity index (χ2v) is 8.96. The Labute approximate surface area is 127 Å². The molecule has 8 heteroatoms. The maximum Gasteiger partial charge on any atom is 0.252 e. The van der Waals surface area contributed by atoms with Crippen LogP contribution >= 0.6 is 54.8 Å². The predicted octanol–water partition coefficient (Wildman–Crippen LogP) is 3.96. The van der Waals surface area contributed by atoms with Gasteiger partial charge in [0.05, 0.1) is 8.81 Å². The lowest BCUT2D eigenvalue weighted by Gasteiger charge is -2.18. The van der Waals surface area contributed by atoms with E-state index in [2.05, 4.69) is 31.9 Å². The van der Waals surface area contributed by atoms with E-state index < -0.39 is 10.0 Å². The van der Waals surface area contributed by atoms with Gasteiger partial charge in [0, 0.05) is 18.4 Å². The van der Waals surface area contributed by atoms with Crippen LogP contribution in [0.5, 0.6) is 0 Å². The van der Waals surface area contributed by atoms with Gasteiger partial charge in [-0.15, -0.1) is 11.3 Å². The molecule has 98 valence electrons. The van der Waals surface area contributed by atoms with Crippen molar-refractivity contribution in [2.75, 3.05) is 18.4 Å². The molecule has 3 nitrogen and oxygen atoms in total. The van der Waals surface area contributed by atoms with Gasteiger partial charge in [-0.25, -0.2) is 8.42 Å². The first-order valence-electron chi connectivity index (χ1n) is 4.94. The Balaban J connectivity index is 2.99. The number of hydrogen-bond donors (Lipinski definition) is 0. The summed E-state index contributed by atoms with van der Waals surface area (Å²) in [5, 5.41) is 1.22. The molecule has 1 rings (SSSR count). The van der Waals surface area contributed by atoms with Crippen molar-refractivity contribution in [1.29, 1.82) is 0 Å². The summed E-state index contributed by atoms with van der Waals surface area (Å²) >= 11 is 13.5. The highest BCUT2D eigenvalue weighted by Crippen LogP contribution is 2.35. The fraction of sp³-hybridized carbons (Fsp3) is 0.556. The van der Waals surface area contributed by atoms with Crippen molar-refractivity contribution >= 4 is 64.8 Å². The summed E-state index contributed by atoms with van der Waals surface area (Å²) in [5.74, 6) is 0. The smallest absolute Gasteiger partial charge is 0.206 e. The van der Waals surface area contributed by atoms with Crippen molar-refractivity contribution in [2.24, 2.45) is 0 Å². The average molecular weight is 426 g/mol. The van der Waals surface area contributed by atoms with E-state index in [0.29, 0.717) is 21.9 Å².